The Labute approximate surface area is 78.0 Å². The molecule has 5 nitrogen and oxygen atoms in total. The SMILES string of the molecule is O=c1[nH]ncn1-c1ncccc1Cl. The van der Waals surface area contributed by atoms with Crippen LogP contribution in [0.3, 0.4) is 0 Å². The van der Waals surface area contributed by atoms with Crippen LogP contribution < -0.4 is 5.69 Å². The van der Waals surface area contributed by atoms with Gasteiger partial charge in [-0.25, -0.2) is 19.4 Å². The minimum absolute atomic E-state index is 0.361. The molecule has 6 heteroatoms. The number of aromatic amines is 1. The van der Waals surface area contributed by atoms with E-state index in [1.165, 1.54) is 10.9 Å². The first-order valence-corrected chi connectivity index (χ1v) is 3.90. The molecule has 66 valence electrons. The fourth-order valence-electron chi connectivity index (χ4n) is 0.954. The number of halogens is 1. The van der Waals surface area contributed by atoms with E-state index in [1.807, 2.05) is 0 Å². The van der Waals surface area contributed by atoms with Crippen LogP contribution in [0.4, 0.5) is 0 Å². The second-order valence-electron chi connectivity index (χ2n) is 2.34. The van der Waals surface area contributed by atoms with Gasteiger partial charge in [-0.3, -0.25) is 0 Å². The van der Waals surface area contributed by atoms with Crippen LogP contribution in [0.15, 0.2) is 29.5 Å². The van der Waals surface area contributed by atoms with Gasteiger partial charge in [0.1, 0.15) is 6.33 Å². The Balaban J connectivity index is 2.66. The highest BCUT2D eigenvalue weighted by molar-refractivity contribution is 6.32. The highest BCUT2D eigenvalue weighted by Gasteiger charge is 2.05. The van der Waals surface area contributed by atoms with Crippen LogP contribution in [0, 0.1) is 0 Å². The normalized spacial score (nSPS) is 10.2. The Hall–Kier alpha value is -1.62. The van der Waals surface area contributed by atoms with Crippen molar-refractivity contribution in [1.29, 1.82) is 0 Å². The first kappa shape index (κ1) is 8.00. The van der Waals surface area contributed by atoms with Crippen molar-refractivity contribution in [2.75, 3.05) is 0 Å². The quantitative estimate of drug-likeness (QED) is 0.727. The topological polar surface area (TPSA) is 63.6 Å². The molecular formula is C7H5ClN4O. The molecule has 13 heavy (non-hydrogen) atoms. The predicted octanol–water partition coefficient (Wildman–Crippen LogP) is 0.609. The van der Waals surface area contributed by atoms with E-state index in [9.17, 15) is 4.79 Å². The highest BCUT2D eigenvalue weighted by atomic mass is 35.5. The largest absolute Gasteiger partial charge is 0.348 e. The average molecular weight is 197 g/mol. The van der Waals surface area contributed by atoms with Gasteiger partial charge in [-0.1, -0.05) is 11.6 Å². The minimum atomic E-state index is -0.361. The van der Waals surface area contributed by atoms with Crippen molar-refractivity contribution < 1.29 is 0 Å². The number of hydrogen-bond acceptors (Lipinski definition) is 3. The van der Waals surface area contributed by atoms with Gasteiger partial charge in [0.2, 0.25) is 0 Å². The lowest BCUT2D eigenvalue weighted by molar-refractivity contribution is 0.940. The molecule has 0 bridgehead atoms. The average Bonchev–Trinajstić information content (AvgIpc) is 2.52. The van der Waals surface area contributed by atoms with Crippen molar-refractivity contribution in [1.82, 2.24) is 19.7 Å². The third-order valence-electron chi connectivity index (χ3n) is 1.52. The lowest BCUT2D eigenvalue weighted by Crippen LogP contribution is -2.15. The molecule has 1 N–H and O–H groups in total. The maximum atomic E-state index is 11.1. The van der Waals surface area contributed by atoms with Crippen LogP contribution in [-0.2, 0) is 0 Å². The summed E-state index contributed by atoms with van der Waals surface area (Å²) in [4.78, 5) is 15.1. The monoisotopic (exact) mass is 196 g/mol. The Kier molecular flexibility index (Phi) is 1.86. The molecule has 0 fully saturated rings. The number of rotatable bonds is 1. The van der Waals surface area contributed by atoms with E-state index < -0.39 is 0 Å². The van der Waals surface area contributed by atoms with Crippen LogP contribution in [0.2, 0.25) is 5.02 Å². The second kappa shape index (κ2) is 3.02. The highest BCUT2D eigenvalue weighted by Crippen LogP contribution is 2.14. The predicted molar refractivity (Wildman–Crippen MR) is 47.0 cm³/mol. The molecule has 0 aromatic carbocycles. The molecule has 0 aliphatic rings. The molecule has 0 spiro atoms. The maximum absolute atomic E-state index is 11.1. The standard InChI is InChI=1S/C7H5ClN4O/c8-5-2-1-3-9-6(5)12-4-10-11-7(12)13/h1-4H,(H,11,13). The Morgan fingerprint density at radius 1 is 1.54 bits per heavy atom. The van der Waals surface area contributed by atoms with Crippen molar-refractivity contribution in [3.05, 3.63) is 40.2 Å². The zero-order chi connectivity index (χ0) is 9.26. The second-order valence-corrected chi connectivity index (χ2v) is 2.75. The lowest BCUT2D eigenvalue weighted by Gasteiger charge is -1.99. The molecule has 2 aromatic heterocycles. The molecule has 0 amide bonds. The van der Waals surface area contributed by atoms with Crippen LogP contribution in [0.5, 0.6) is 0 Å². The van der Waals surface area contributed by atoms with Crippen LogP contribution in [0.25, 0.3) is 5.82 Å². The summed E-state index contributed by atoms with van der Waals surface area (Å²) in [6.45, 7) is 0. The summed E-state index contributed by atoms with van der Waals surface area (Å²) in [5.41, 5.74) is -0.361. The van der Waals surface area contributed by atoms with E-state index in [4.69, 9.17) is 11.6 Å². The number of hydrogen-bond donors (Lipinski definition) is 1. The maximum Gasteiger partial charge on any atom is 0.348 e. The van der Waals surface area contributed by atoms with Gasteiger partial charge in [-0.05, 0) is 12.1 Å². The van der Waals surface area contributed by atoms with Gasteiger partial charge in [0, 0.05) is 6.20 Å². The Morgan fingerprint density at radius 3 is 3.00 bits per heavy atom. The third-order valence-corrected chi connectivity index (χ3v) is 1.81. The van der Waals surface area contributed by atoms with Gasteiger partial charge in [0.25, 0.3) is 0 Å². The minimum Gasteiger partial charge on any atom is -0.246 e. The smallest absolute Gasteiger partial charge is 0.246 e. The summed E-state index contributed by atoms with van der Waals surface area (Å²) in [6.07, 6.45) is 2.89. The lowest BCUT2D eigenvalue weighted by atomic mass is 10.4. The number of nitrogens with one attached hydrogen (secondary N) is 1. The first-order valence-electron chi connectivity index (χ1n) is 3.52. The molecule has 0 saturated carbocycles. The summed E-state index contributed by atoms with van der Waals surface area (Å²) in [5.74, 6) is 0.378. The number of H-pyrrole nitrogens is 1. The molecule has 0 atom stereocenters. The van der Waals surface area contributed by atoms with E-state index in [-0.39, 0.29) is 5.69 Å². The molecule has 0 aliphatic carbocycles. The molecule has 0 aliphatic heterocycles. The third kappa shape index (κ3) is 1.33. The van der Waals surface area contributed by atoms with Gasteiger partial charge in [0.15, 0.2) is 5.82 Å². The summed E-state index contributed by atoms with van der Waals surface area (Å²) in [5, 5.41) is 6.23. The zero-order valence-corrected chi connectivity index (χ0v) is 7.19. The van der Waals surface area contributed by atoms with Gasteiger partial charge >= 0.3 is 5.69 Å². The van der Waals surface area contributed by atoms with E-state index in [1.54, 1.807) is 18.3 Å². The molecule has 0 saturated heterocycles. The van der Waals surface area contributed by atoms with Crippen molar-refractivity contribution in [2.24, 2.45) is 0 Å². The van der Waals surface area contributed by atoms with E-state index >= 15 is 0 Å². The molecular weight excluding hydrogens is 192 g/mol. The van der Waals surface area contributed by atoms with Gasteiger partial charge in [-0.2, -0.15) is 5.10 Å². The van der Waals surface area contributed by atoms with Crippen molar-refractivity contribution in [3.8, 4) is 5.82 Å². The molecule has 2 rings (SSSR count). The van der Waals surface area contributed by atoms with Gasteiger partial charge < -0.3 is 0 Å². The fraction of sp³-hybridized carbons (Fsp3) is 0. The fourth-order valence-corrected chi connectivity index (χ4v) is 1.17. The van der Waals surface area contributed by atoms with Crippen molar-refractivity contribution in [2.45, 2.75) is 0 Å². The van der Waals surface area contributed by atoms with E-state index in [2.05, 4.69) is 15.2 Å². The molecule has 0 unspecified atom stereocenters. The van der Waals surface area contributed by atoms with E-state index in [0.29, 0.717) is 10.8 Å². The van der Waals surface area contributed by atoms with Crippen LogP contribution in [0.1, 0.15) is 0 Å². The summed E-state index contributed by atoms with van der Waals surface area (Å²) in [7, 11) is 0. The Morgan fingerprint density at radius 2 is 2.38 bits per heavy atom. The number of nitrogens with zero attached hydrogens (tertiary/aromatic N) is 3. The van der Waals surface area contributed by atoms with Gasteiger partial charge in [0.05, 0.1) is 5.02 Å². The molecule has 0 radical (unpaired) electrons. The van der Waals surface area contributed by atoms with Crippen LogP contribution >= 0.6 is 11.6 Å². The zero-order valence-electron chi connectivity index (χ0n) is 6.44. The summed E-state index contributed by atoms with van der Waals surface area (Å²) < 4.78 is 1.24. The van der Waals surface area contributed by atoms with Crippen molar-refractivity contribution in [3.63, 3.8) is 0 Å². The van der Waals surface area contributed by atoms with Crippen LogP contribution in [-0.4, -0.2) is 19.7 Å². The van der Waals surface area contributed by atoms with Crippen molar-refractivity contribution >= 4 is 11.6 Å². The summed E-state index contributed by atoms with van der Waals surface area (Å²) in [6, 6.07) is 3.35. The number of pyridine rings is 1. The summed E-state index contributed by atoms with van der Waals surface area (Å²) >= 11 is 5.82. The first-order chi connectivity index (χ1) is 6.29. The molecule has 2 aromatic rings. The van der Waals surface area contributed by atoms with E-state index in [0.717, 1.165) is 0 Å². The Bertz CT molecular complexity index is 475. The number of aromatic nitrogens is 4. The van der Waals surface area contributed by atoms with Gasteiger partial charge in [-0.15, -0.1) is 0 Å². The molecule has 2 heterocycles.